The number of hydrogen-bond donors (Lipinski definition) is 4. The number of guanidine groups is 1. The summed E-state index contributed by atoms with van der Waals surface area (Å²) in [7, 11) is 1.67. The van der Waals surface area contributed by atoms with Gasteiger partial charge in [0.15, 0.2) is 5.96 Å². The number of rotatable bonds is 3. The summed E-state index contributed by atoms with van der Waals surface area (Å²) in [6.07, 6.45) is 5.40. The van der Waals surface area contributed by atoms with Crippen molar-refractivity contribution in [2.45, 2.75) is 51.6 Å². The molecule has 3 saturated carbocycles. The van der Waals surface area contributed by atoms with Crippen LogP contribution in [0.5, 0.6) is 0 Å². The van der Waals surface area contributed by atoms with Crippen molar-refractivity contribution in [2.24, 2.45) is 39.3 Å². The van der Waals surface area contributed by atoms with Crippen LogP contribution in [0.25, 0.3) is 0 Å². The molecule has 0 amide bonds. The molecular formula is C19H29N3O3. The van der Waals surface area contributed by atoms with Crippen molar-refractivity contribution in [2.75, 3.05) is 13.6 Å². The monoisotopic (exact) mass is 347 g/mol. The molecule has 6 atom stereocenters. The first kappa shape index (κ1) is 16.9. The molecule has 1 spiro atoms. The van der Waals surface area contributed by atoms with E-state index in [1.807, 2.05) is 0 Å². The van der Waals surface area contributed by atoms with Crippen molar-refractivity contribution >= 4 is 11.9 Å². The Kier molecular flexibility index (Phi) is 3.69. The van der Waals surface area contributed by atoms with Crippen molar-refractivity contribution in [3.05, 3.63) is 11.1 Å². The highest BCUT2D eigenvalue weighted by Crippen LogP contribution is 2.77. The second-order valence-electron chi connectivity index (χ2n) is 8.60. The Bertz CT molecular complexity index is 673. The van der Waals surface area contributed by atoms with Gasteiger partial charge in [-0.1, -0.05) is 13.3 Å². The minimum absolute atomic E-state index is 0.0317. The van der Waals surface area contributed by atoms with Crippen LogP contribution in [-0.2, 0) is 4.79 Å². The third-order valence-corrected chi connectivity index (χ3v) is 8.07. The highest BCUT2D eigenvalue weighted by atomic mass is 16.4. The molecule has 25 heavy (non-hydrogen) atoms. The number of nitrogens with zero attached hydrogens (tertiary/aromatic N) is 1. The topological polar surface area (TPSA) is 108 Å². The molecule has 0 aromatic carbocycles. The van der Waals surface area contributed by atoms with Crippen molar-refractivity contribution in [1.82, 2.24) is 5.32 Å². The number of aliphatic carboxylic acids is 1. The van der Waals surface area contributed by atoms with Gasteiger partial charge in [-0.05, 0) is 60.8 Å². The fourth-order valence-corrected chi connectivity index (χ4v) is 7.24. The second kappa shape index (κ2) is 5.47. The molecule has 6 nitrogen and oxygen atoms in total. The van der Waals surface area contributed by atoms with E-state index < -0.39 is 12.1 Å². The summed E-state index contributed by atoms with van der Waals surface area (Å²) in [5.41, 5.74) is 6.98. The molecule has 0 saturated heterocycles. The molecule has 0 radical (unpaired) electrons. The summed E-state index contributed by atoms with van der Waals surface area (Å²) in [6.45, 7) is 2.99. The lowest BCUT2D eigenvalue weighted by molar-refractivity contribution is -0.135. The Labute approximate surface area is 148 Å². The molecule has 6 heteroatoms. The number of aliphatic hydroxyl groups excluding tert-OH is 1. The Morgan fingerprint density at radius 2 is 2.04 bits per heavy atom. The van der Waals surface area contributed by atoms with Gasteiger partial charge in [-0.15, -0.1) is 0 Å². The second-order valence-corrected chi connectivity index (χ2v) is 8.60. The Balaban J connectivity index is 1.87. The van der Waals surface area contributed by atoms with E-state index in [1.165, 1.54) is 0 Å². The van der Waals surface area contributed by atoms with Gasteiger partial charge in [-0.3, -0.25) is 4.99 Å². The summed E-state index contributed by atoms with van der Waals surface area (Å²) < 4.78 is 0. The molecule has 4 aliphatic rings. The highest BCUT2D eigenvalue weighted by Gasteiger charge is 2.73. The van der Waals surface area contributed by atoms with E-state index in [9.17, 15) is 15.0 Å². The Morgan fingerprint density at radius 3 is 2.72 bits per heavy atom. The van der Waals surface area contributed by atoms with Gasteiger partial charge in [0.25, 0.3) is 0 Å². The van der Waals surface area contributed by atoms with Gasteiger partial charge >= 0.3 is 5.97 Å². The van der Waals surface area contributed by atoms with Crippen molar-refractivity contribution < 1.29 is 15.0 Å². The first-order valence-corrected chi connectivity index (χ1v) is 9.49. The molecule has 0 aliphatic heterocycles. The van der Waals surface area contributed by atoms with Crippen molar-refractivity contribution in [1.29, 1.82) is 0 Å². The zero-order valence-electron chi connectivity index (χ0n) is 15.1. The maximum atomic E-state index is 12.0. The first-order chi connectivity index (χ1) is 11.9. The predicted molar refractivity (Wildman–Crippen MR) is 94.9 cm³/mol. The summed E-state index contributed by atoms with van der Waals surface area (Å²) in [5, 5.41) is 24.0. The maximum absolute atomic E-state index is 12.0. The lowest BCUT2D eigenvalue weighted by Gasteiger charge is -2.59. The summed E-state index contributed by atoms with van der Waals surface area (Å²) in [4.78, 5) is 16.0. The number of nitrogens with two attached hydrogens (primary N) is 1. The highest BCUT2D eigenvalue weighted by molar-refractivity contribution is 5.90. The average molecular weight is 347 g/mol. The van der Waals surface area contributed by atoms with Crippen LogP contribution in [0.15, 0.2) is 16.1 Å². The van der Waals surface area contributed by atoms with Gasteiger partial charge < -0.3 is 21.3 Å². The number of aliphatic hydroxyl groups is 1. The molecule has 4 rings (SSSR count). The number of carbonyl (C=O) groups is 1. The minimum atomic E-state index is -0.928. The zero-order valence-corrected chi connectivity index (χ0v) is 15.1. The Hall–Kier alpha value is -1.56. The van der Waals surface area contributed by atoms with Crippen molar-refractivity contribution in [3.63, 3.8) is 0 Å². The molecule has 0 heterocycles. The first-order valence-electron chi connectivity index (χ1n) is 9.49. The zero-order chi connectivity index (χ0) is 18.0. The molecule has 0 aromatic heterocycles. The average Bonchev–Trinajstić information content (AvgIpc) is 2.88. The molecule has 138 valence electrons. The SMILES string of the molecule is CN=C(N)NC[C@]1(C)[C@@H]2CC[C@H]3CCC[C@H]4[C@H](O)C(C(=O)O)=C(C2)[C@@]341. The van der Waals surface area contributed by atoms with E-state index in [1.54, 1.807) is 7.05 Å². The molecule has 0 aromatic rings. The molecule has 2 bridgehead atoms. The smallest absolute Gasteiger partial charge is 0.334 e. The molecule has 5 N–H and O–H groups in total. The third kappa shape index (κ3) is 1.89. The number of hydrogen-bond acceptors (Lipinski definition) is 3. The largest absolute Gasteiger partial charge is 0.478 e. The van der Waals surface area contributed by atoms with Crippen LogP contribution in [0.1, 0.15) is 45.4 Å². The van der Waals surface area contributed by atoms with E-state index >= 15 is 0 Å². The van der Waals surface area contributed by atoms with Gasteiger partial charge in [-0.25, -0.2) is 4.79 Å². The lowest BCUT2D eigenvalue weighted by atomic mass is 9.45. The van der Waals surface area contributed by atoms with Gasteiger partial charge in [0, 0.05) is 19.0 Å². The Morgan fingerprint density at radius 1 is 1.32 bits per heavy atom. The lowest BCUT2D eigenvalue weighted by Crippen LogP contribution is -2.59. The number of nitrogens with one attached hydrogen (secondary N) is 1. The minimum Gasteiger partial charge on any atom is -0.478 e. The summed E-state index contributed by atoms with van der Waals surface area (Å²) >= 11 is 0. The van der Waals surface area contributed by atoms with Crippen LogP contribution >= 0.6 is 0 Å². The van der Waals surface area contributed by atoms with Gasteiger partial charge in [0.2, 0.25) is 0 Å². The number of aliphatic imine (C=N–C) groups is 1. The van der Waals surface area contributed by atoms with E-state index in [4.69, 9.17) is 5.73 Å². The van der Waals surface area contributed by atoms with Crippen LogP contribution in [-0.4, -0.2) is 41.8 Å². The normalized spacial score (nSPS) is 45.5. The number of fused-ring (bicyclic) bond motifs is 1. The fraction of sp³-hybridized carbons (Fsp3) is 0.789. The predicted octanol–water partition coefficient (Wildman–Crippen LogP) is 1.50. The molecule has 3 fully saturated rings. The quantitative estimate of drug-likeness (QED) is 0.457. The number of carboxylic acid groups (broad SMARTS) is 1. The van der Waals surface area contributed by atoms with Gasteiger partial charge in [0.05, 0.1) is 11.7 Å². The molecule has 0 unspecified atom stereocenters. The van der Waals surface area contributed by atoms with Crippen LogP contribution in [0.2, 0.25) is 0 Å². The van der Waals surface area contributed by atoms with Gasteiger partial charge in [0.1, 0.15) is 0 Å². The van der Waals surface area contributed by atoms with Gasteiger partial charge in [-0.2, -0.15) is 0 Å². The molecule has 4 aliphatic carbocycles. The maximum Gasteiger partial charge on any atom is 0.334 e. The summed E-state index contributed by atoms with van der Waals surface area (Å²) in [6, 6.07) is 0. The van der Waals surface area contributed by atoms with E-state index in [2.05, 4.69) is 17.2 Å². The van der Waals surface area contributed by atoms with Crippen LogP contribution in [0, 0.1) is 28.6 Å². The van der Waals surface area contributed by atoms with Crippen LogP contribution in [0.4, 0.5) is 0 Å². The van der Waals surface area contributed by atoms with Crippen LogP contribution < -0.4 is 11.1 Å². The van der Waals surface area contributed by atoms with Crippen LogP contribution in [0.3, 0.4) is 0 Å². The number of carboxylic acids is 1. The number of allylic oxidation sites excluding steroid dienone is 1. The van der Waals surface area contributed by atoms with E-state index in [0.29, 0.717) is 29.9 Å². The third-order valence-electron chi connectivity index (χ3n) is 8.07. The summed E-state index contributed by atoms with van der Waals surface area (Å²) in [5.74, 6) is 0.443. The fourth-order valence-electron chi connectivity index (χ4n) is 7.24. The molecular weight excluding hydrogens is 318 g/mol. The van der Waals surface area contributed by atoms with E-state index in [-0.39, 0.29) is 16.7 Å². The standard InChI is InChI=1S/C19H29N3O3/c1-18(9-22-17(20)21-2)11-7-6-10-4-3-5-12-15(23)14(16(24)25)13(8-11)19(10,12)18/h10-12,15,23H,3-9H2,1-2H3,(H,24,25)(H3,20,21,22)/t10-,11-,12+,15+,18-,19-/m1/s1. The van der Waals surface area contributed by atoms with Crippen molar-refractivity contribution in [3.8, 4) is 0 Å². The van der Waals surface area contributed by atoms with E-state index in [0.717, 1.165) is 44.1 Å².